The van der Waals surface area contributed by atoms with E-state index in [2.05, 4.69) is 16.0 Å². The van der Waals surface area contributed by atoms with Crippen LogP contribution < -0.4 is 16.0 Å². The van der Waals surface area contributed by atoms with Crippen molar-refractivity contribution >= 4 is 24.2 Å². The van der Waals surface area contributed by atoms with Gasteiger partial charge in [-0.05, 0) is 31.3 Å². The third-order valence-electron chi connectivity index (χ3n) is 2.20. The van der Waals surface area contributed by atoms with Crippen molar-refractivity contribution in [2.75, 3.05) is 26.7 Å². The summed E-state index contributed by atoms with van der Waals surface area (Å²) in [4.78, 5) is 22.7. The van der Waals surface area contributed by atoms with E-state index < -0.39 is 0 Å². The van der Waals surface area contributed by atoms with E-state index in [0.717, 1.165) is 0 Å². The molecule has 1 aromatic rings. The van der Waals surface area contributed by atoms with Gasteiger partial charge < -0.3 is 21.1 Å². The lowest BCUT2D eigenvalue weighted by atomic mass is 10.2. The van der Waals surface area contributed by atoms with E-state index >= 15 is 0 Å². The molecule has 7 heteroatoms. The zero-order valence-corrected chi connectivity index (χ0v) is 11.4. The standard InChI is InChI=1S/C12H17N3O3.ClH/c1-13-8-11(17)14-6-7-15-12(18)9-2-4-10(16)5-3-9;/h2-5,13,16H,6-8H2,1H3,(H,14,17)(H,15,18);1H. The molecule has 2 amide bonds. The quantitative estimate of drug-likeness (QED) is 0.549. The van der Waals surface area contributed by atoms with E-state index in [-0.39, 0.29) is 36.5 Å². The fraction of sp³-hybridized carbons (Fsp3) is 0.333. The van der Waals surface area contributed by atoms with Gasteiger partial charge in [0.05, 0.1) is 6.54 Å². The number of benzene rings is 1. The van der Waals surface area contributed by atoms with Crippen LogP contribution in [-0.2, 0) is 4.79 Å². The van der Waals surface area contributed by atoms with E-state index in [1.54, 1.807) is 7.05 Å². The number of nitrogens with one attached hydrogen (secondary N) is 3. The summed E-state index contributed by atoms with van der Waals surface area (Å²) < 4.78 is 0. The molecule has 6 nitrogen and oxygen atoms in total. The number of halogens is 1. The van der Waals surface area contributed by atoms with Crippen LogP contribution in [0.2, 0.25) is 0 Å². The van der Waals surface area contributed by atoms with Crippen LogP contribution in [0.3, 0.4) is 0 Å². The zero-order valence-electron chi connectivity index (χ0n) is 10.6. The predicted molar refractivity (Wildman–Crippen MR) is 74.6 cm³/mol. The molecule has 0 saturated carbocycles. The molecule has 1 rings (SSSR count). The van der Waals surface area contributed by atoms with Crippen LogP contribution in [0, 0.1) is 0 Å². The first-order valence-electron chi connectivity index (χ1n) is 5.62. The van der Waals surface area contributed by atoms with Gasteiger partial charge in [-0.15, -0.1) is 12.4 Å². The molecule has 0 aromatic heterocycles. The second kappa shape index (κ2) is 9.18. The Kier molecular flexibility index (Phi) is 8.32. The molecule has 0 unspecified atom stereocenters. The largest absolute Gasteiger partial charge is 0.508 e. The lowest BCUT2D eigenvalue weighted by molar-refractivity contribution is -0.120. The molecule has 0 aliphatic rings. The van der Waals surface area contributed by atoms with E-state index in [0.29, 0.717) is 18.7 Å². The van der Waals surface area contributed by atoms with Crippen molar-refractivity contribution in [2.24, 2.45) is 0 Å². The van der Waals surface area contributed by atoms with Gasteiger partial charge in [-0.25, -0.2) is 0 Å². The van der Waals surface area contributed by atoms with E-state index in [9.17, 15) is 9.59 Å². The van der Waals surface area contributed by atoms with Gasteiger partial charge in [-0.1, -0.05) is 0 Å². The van der Waals surface area contributed by atoms with Crippen molar-refractivity contribution in [3.8, 4) is 5.75 Å². The molecular weight excluding hydrogens is 270 g/mol. The first-order chi connectivity index (χ1) is 8.63. The van der Waals surface area contributed by atoms with Gasteiger partial charge in [-0.2, -0.15) is 0 Å². The Balaban J connectivity index is 0.00000324. The molecule has 0 atom stereocenters. The number of aromatic hydroxyl groups is 1. The normalized spacial score (nSPS) is 9.32. The molecule has 4 N–H and O–H groups in total. The van der Waals surface area contributed by atoms with Gasteiger partial charge >= 0.3 is 0 Å². The minimum absolute atomic E-state index is 0. The van der Waals surface area contributed by atoms with Crippen molar-refractivity contribution in [3.63, 3.8) is 0 Å². The Morgan fingerprint density at radius 3 is 2.26 bits per heavy atom. The second-order valence-corrected chi connectivity index (χ2v) is 3.68. The molecule has 0 heterocycles. The number of phenols is 1. The van der Waals surface area contributed by atoms with Crippen LogP contribution >= 0.6 is 12.4 Å². The number of hydrogen-bond acceptors (Lipinski definition) is 4. The first kappa shape index (κ1) is 17.2. The smallest absolute Gasteiger partial charge is 0.251 e. The van der Waals surface area contributed by atoms with Crippen LogP contribution in [0.25, 0.3) is 0 Å². The lowest BCUT2D eigenvalue weighted by Crippen LogP contribution is -2.38. The van der Waals surface area contributed by atoms with E-state index in [1.165, 1.54) is 24.3 Å². The number of likely N-dealkylation sites (N-methyl/N-ethyl adjacent to an activating group) is 1. The Labute approximate surface area is 118 Å². The van der Waals surface area contributed by atoms with Gasteiger partial charge in [-0.3, -0.25) is 9.59 Å². The van der Waals surface area contributed by atoms with Crippen LogP contribution in [0.1, 0.15) is 10.4 Å². The minimum Gasteiger partial charge on any atom is -0.508 e. The highest BCUT2D eigenvalue weighted by molar-refractivity contribution is 5.94. The summed E-state index contributed by atoms with van der Waals surface area (Å²) in [5.41, 5.74) is 0.467. The van der Waals surface area contributed by atoms with Crippen LogP contribution in [0.5, 0.6) is 5.75 Å². The summed E-state index contributed by atoms with van der Waals surface area (Å²) in [5, 5.41) is 17.1. The van der Waals surface area contributed by atoms with Crippen LogP contribution in [0.15, 0.2) is 24.3 Å². The number of phenolic OH excluding ortho intramolecular Hbond substituents is 1. The number of rotatable bonds is 6. The number of carbonyl (C=O) groups is 2. The summed E-state index contributed by atoms with van der Waals surface area (Å²) >= 11 is 0. The van der Waals surface area contributed by atoms with Crippen molar-refractivity contribution < 1.29 is 14.7 Å². The van der Waals surface area contributed by atoms with Gasteiger partial charge in [0.2, 0.25) is 5.91 Å². The fourth-order valence-corrected chi connectivity index (χ4v) is 1.32. The van der Waals surface area contributed by atoms with Crippen molar-refractivity contribution in [1.82, 2.24) is 16.0 Å². The molecule has 1 aromatic carbocycles. The molecule has 0 radical (unpaired) electrons. The van der Waals surface area contributed by atoms with Gasteiger partial charge in [0.25, 0.3) is 5.91 Å². The Morgan fingerprint density at radius 2 is 1.68 bits per heavy atom. The Bertz CT molecular complexity index is 409. The molecule has 0 spiro atoms. The highest BCUT2D eigenvalue weighted by Crippen LogP contribution is 2.08. The van der Waals surface area contributed by atoms with Crippen molar-refractivity contribution in [3.05, 3.63) is 29.8 Å². The number of amides is 2. The molecule has 0 bridgehead atoms. The molecule has 0 saturated heterocycles. The van der Waals surface area contributed by atoms with Crippen LogP contribution in [-0.4, -0.2) is 43.6 Å². The van der Waals surface area contributed by atoms with Crippen molar-refractivity contribution in [2.45, 2.75) is 0 Å². The number of carbonyl (C=O) groups excluding carboxylic acids is 2. The average Bonchev–Trinajstić information content (AvgIpc) is 2.35. The molecular formula is C12H18ClN3O3. The van der Waals surface area contributed by atoms with E-state index in [4.69, 9.17) is 5.11 Å². The topological polar surface area (TPSA) is 90.5 Å². The van der Waals surface area contributed by atoms with Gasteiger partial charge in [0, 0.05) is 18.7 Å². The fourth-order valence-electron chi connectivity index (χ4n) is 1.32. The average molecular weight is 288 g/mol. The second-order valence-electron chi connectivity index (χ2n) is 3.68. The Hall–Kier alpha value is -1.79. The zero-order chi connectivity index (χ0) is 13.4. The SMILES string of the molecule is CNCC(=O)NCCNC(=O)c1ccc(O)cc1.Cl. The molecule has 0 aliphatic carbocycles. The summed E-state index contributed by atoms with van der Waals surface area (Å²) in [6.07, 6.45) is 0. The maximum atomic E-state index is 11.6. The summed E-state index contributed by atoms with van der Waals surface area (Å²) in [5.74, 6) is -0.236. The molecule has 0 fully saturated rings. The third kappa shape index (κ3) is 6.64. The number of hydrogen-bond donors (Lipinski definition) is 4. The van der Waals surface area contributed by atoms with Crippen molar-refractivity contribution in [1.29, 1.82) is 0 Å². The van der Waals surface area contributed by atoms with Gasteiger partial charge in [0.1, 0.15) is 5.75 Å². The highest BCUT2D eigenvalue weighted by Gasteiger charge is 2.04. The molecule has 0 aliphatic heterocycles. The summed E-state index contributed by atoms with van der Waals surface area (Å²) in [6.45, 7) is 0.991. The minimum atomic E-state index is -0.238. The summed E-state index contributed by atoms with van der Waals surface area (Å²) in [6, 6.07) is 5.96. The predicted octanol–water partition coefficient (Wildman–Crippen LogP) is -0.121. The monoisotopic (exact) mass is 287 g/mol. The third-order valence-corrected chi connectivity index (χ3v) is 2.20. The van der Waals surface area contributed by atoms with Crippen LogP contribution in [0.4, 0.5) is 0 Å². The highest BCUT2D eigenvalue weighted by atomic mass is 35.5. The summed E-state index contributed by atoms with van der Waals surface area (Å²) in [7, 11) is 1.69. The van der Waals surface area contributed by atoms with Gasteiger partial charge in [0.15, 0.2) is 0 Å². The maximum Gasteiger partial charge on any atom is 0.251 e. The lowest BCUT2D eigenvalue weighted by Gasteiger charge is -2.07. The maximum absolute atomic E-state index is 11.6. The molecule has 19 heavy (non-hydrogen) atoms. The molecule has 106 valence electrons. The van der Waals surface area contributed by atoms with E-state index in [1.807, 2.05) is 0 Å². The first-order valence-corrected chi connectivity index (χ1v) is 5.62. The Morgan fingerprint density at radius 1 is 1.11 bits per heavy atom.